The second-order valence-corrected chi connectivity index (χ2v) is 5.82. The van der Waals surface area contributed by atoms with Crippen LogP contribution in [0.5, 0.6) is 0 Å². The maximum atomic E-state index is 11.8. The molecule has 128 valence electrons. The predicted octanol–water partition coefficient (Wildman–Crippen LogP) is 2.62. The van der Waals surface area contributed by atoms with E-state index in [-0.39, 0.29) is 17.4 Å². The Morgan fingerprint density at radius 2 is 1.68 bits per heavy atom. The summed E-state index contributed by atoms with van der Waals surface area (Å²) in [6.07, 6.45) is 3.09. The third kappa shape index (κ3) is 6.74. The molecule has 3 N–H and O–H groups in total. The fraction of sp³-hybridized carbons (Fsp3) is 0.0556. The Morgan fingerprint density at radius 3 is 2.40 bits per heavy atom. The van der Waals surface area contributed by atoms with Gasteiger partial charge < -0.3 is 0 Å². The summed E-state index contributed by atoms with van der Waals surface area (Å²) in [5, 5.41) is 2.96. The largest absolute Gasteiger partial charge is 0.298 e. The molecule has 0 heterocycles. The van der Waals surface area contributed by atoms with Crippen LogP contribution in [0.25, 0.3) is 6.08 Å². The summed E-state index contributed by atoms with van der Waals surface area (Å²) in [6, 6.07) is 16.4. The van der Waals surface area contributed by atoms with Crippen LogP contribution in [0.3, 0.4) is 0 Å². The van der Waals surface area contributed by atoms with Crippen LogP contribution < -0.4 is 16.2 Å². The normalized spacial score (nSPS) is 10.3. The molecule has 0 unspecified atom stereocenters. The minimum atomic E-state index is -0.435. The fourth-order valence-electron chi connectivity index (χ4n) is 1.91. The number of hydrogen-bond donors (Lipinski definition) is 3. The molecule has 2 amide bonds. The van der Waals surface area contributed by atoms with E-state index in [0.717, 1.165) is 5.56 Å². The third-order valence-corrected chi connectivity index (χ3v) is 3.63. The van der Waals surface area contributed by atoms with Gasteiger partial charge in [-0.15, -0.1) is 0 Å². The van der Waals surface area contributed by atoms with Gasteiger partial charge in [0.2, 0.25) is 11.8 Å². The maximum absolute atomic E-state index is 11.8. The van der Waals surface area contributed by atoms with Crippen molar-refractivity contribution in [3.05, 3.63) is 76.8 Å². The van der Waals surface area contributed by atoms with Crippen molar-refractivity contribution < 1.29 is 9.59 Å². The van der Waals surface area contributed by atoms with Gasteiger partial charge in [-0.3, -0.25) is 25.8 Å². The average molecular weight is 374 g/mol. The van der Waals surface area contributed by atoms with Crippen molar-refractivity contribution in [1.82, 2.24) is 16.2 Å². The van der Waals surface area contributed by atoms with Crippen LogP contribution in [0.2, 0.25) is 5.02 Å². The smallest absolute Gasteiger partial charge is 0.250 e. The average Bonchev–Trinajstić information content (AvgIpc) is 2.60. The number of thiocarbonyl (C=S) groups is 1. The molecule has 0 saturated carbocycles. The van der Waals surface area contributed by atoms with Crippen molar-refractivity contribution in [1.29, 1.82) is 0 Å². The Bertz CT molecular complexity index is 794. The zero-order chi connectivity index (χ0) is 18.1. The Kier molecular flexibility index (Phi) is 7.13. The van der Waals surface area contributed by atoms with E-state index < -0.39 is 5.91 Å². The monoisotopic (exact) mass is 373 g/mol. The van der Waals surface area contributed by atoms with Crippen LogP contribution in [-0.4, -0.2) is 16.9 Å². The van der Waals surface area contributed by atoms with Crippen molar-refractivity contribution in [2.75, 3.05) is 0 Å². The first kappa shape index (κ1) is 18.6. The van der Waals surface area contributed by atoms with Crippen LogP contribution in [-0.2, 0) is 16.0 Å². The minimum Gasteiger partial charge on any atom is -0.298 e. The molecule has 0 aliphatic rings. The quantitative estimate of drug-likeness (QED) is 0.438. The number of hydrazine groups is 1. The van der Waals surface area contributed by atoms with Gasteiger partial charge in [-0.2, -0.15) is 0 Å². The van der Waals surface area contributed by atoms with Gasteiger partial charge in [0.1, 0.15) is 0 Å². The number of carbonyl (C=O) groups excluding carboxylic acids is 2. The van der Waals surface area contributed by atoms with Crippen LogP contribution in [0.15, 0.2) is 60.7 Å². The molecule has 0 saturated heterocycles. The molecule has 0 aliphatic heterocycles. The molecular formula is C18H16ClN3O2S. The lowest BCUT2D eigenvalue weighted by molar-refractivity contribution is -0.121. The Morgan fingerprint density at radius 1 is 1.00 bits per heavy atom. The summed E-state index contributed by atoms with van der Waals surface area (Å²) in [7, 11) is 0. The zero-order valence-electron chi connectivity index (χ0n) is 13.2. The van der Waals surface area contributed by atoms with Crippen LogP contribution in [0.4, 0.5) is 0 Å². The number of rotatable bonds is 4. The summed E-state index contributed by atoms with van der Waals surface area (Å²) < 4.78 is 0. The van der Waals surface area contributed by atoms with Gasteiger partial charge in [-0.1, -0.05) is 60.1 Å². The SMILES string of the molecule is O=C(/C=C/c1ccccc1Cl)NC(=S)NNC(=O)Cc1ccccc1. The molecule has 0 fully saturated rings. The summed E-state index contributed by atoms with van der Waals surface area (Å²) in [5.41, 5.74) is 6.50. The molecule has 0 aromatic heterocycles. The van der Waals surface area contributed by atoms with Gasteiger partial charge in [0.25, 0.3) is 0 Å². The van der Waals surface area contributed by atoms with Gasteiger partial charge in [-0.25, -0.2) is 0 Å². The third-order valence-electron chi connectivity index (χ3n) is 3.08. The summed E-state index contributed by atoms with van der Waals surface area (Å²) in [6.45, 7) is 0. The highest BCUT2D eigenvalue weighted by Gasteiger charge is 2.05. The van der Waals surface area contributed by atoms with Gasteiger partial charge in [0.15, 0.2) is 5.11 Å². The van der Waals surface area contributed by atoms with Gasteiger partial charge in [0.05, 0.1) is 6.42 Å². The molecule has 7 heteroatoms. The van der Waals surface area contributed by atoms with Crippen LogP contribution in [0, 0.1) is 0 Å². The van der Waals surface area contributed by atoms with Crippen molar-refractivity contribution in [2.45, 2.75) is 6.42 Å². The molecule has 0 bridgehead atoms. The molecular weight excluding hydrogens is 358 g/mol. The number of benzene rings is 2. The van der Waals surface area contributed by atoms with Crippen molar-refractivity contribution in [3.63, 3.8) is 0 Å². The lowest BCUT2D eigenvalue weighted by atomic mass is 10.1. The first-order valence-corrected chi connectivity index (χ1v) is 8.19. The van der Waals surface area contributed by atoms with E-state index in [0.29, 0.717) is 10.6 Å². The standard InChI is InChI=1S/C18H16ClN3O2S/c19-15-9-5-4-8-14(15)10-11-16(23)20-18(25)22-21-17(24)12-13-6-2-1-3-7-13/h1-11H,12H2,(H,21,24)(H2,20,22,23,25)/b11-10+. The van der Waals surface area contributed by atoms with E-state index >= 15 is 0 Å². The molecule has 5 nitrogen and oxygen atoms in total. The van der Waals surface area contributed by atoms with Gasteiger partial charge in [0, 0.05) is 11.1 Å². The maximum Gasteiger partial charge on any atom is 0.250 e. The zero-order valence-corrected chi connectivity index (χ0v) is 14.7. The van der Waals surface area contributed by atoms with Gasteiger partial charge >= 0.3 is 0 Å². The lowest BCUT2D eigenvalue weighted by Crippen LogP contribution is -2.48. The van der Waals surface area contributed by atoms with E-state index in [2.05, 4.69) is 16.2 Å². The fourth-order valence-corrected chi connectivity index (χ4v) is 2.26. The topological polar surface area (TPSA) is 70.2 Å². The molecule has 0 spiro atoms. The van der Waals surface area contributed by atoms with Crippen LogP contribution >= 0.6 is 23.8 Å². The first-order valence-electron chi connectivity index (χ1n) is 7.41. The van der Waals surface area contributed by atoms with E-state index in [1.807, 2.05) is 36.4 Å². The number of halogens is 1. The molecule has 0 atom stereocenters. The molecule has 0 aliphatic carbocycles. The molecule has 2 rings (SSSR count). The van der Waals surface area contributed by atoms with E-state index in [1.54, 1.807) is 24.3 Å². The number of nitrogens with one attached hydrogen (secondary N) is 3. The second-order valence-electron chi connectivity index (χ2n) is 5.01. The van der Waals surface area contributed by atoms with Crippen molar-refractivity contribution >= 4 is 46.8 Å². The minimum absolute atomic E-state index is 0.00443. The number of amides is 2. The predicted molar refractivity (Wildman–Crippen MR) is 103 cm³/mol. The Hall–Kier alpha value is -2.70. The lowest BCUT2D eigenvalue weighted by Gasteiger charge is -2.09. The number of hydrogen-bond acceptors (Lipinski definition) is 3. The number of carbonyl (C=O) groups is 2. The summed E-state index contributed by atoms with van der Waals surface area (Å²) in [4.78, 5) is 23.6. The van der Waals surface area contributed by atoms with Crippen LogP contribution in [0.1, 0.15) is 11.1 Å². The Balaban J connectivity index is 1.75. The Labute approximate surface area is 156 Å². The van der Waals surface area contributed by atoms with Crippen molar-refractivity contribution in [2.24, 2.45) is 0 Å². The highest BCUT2D eigenvalue weighted by atomic mass is 35.5. The van der Waals surface area contributed by atoms with E-state index in [1.165, 1.54) is 6.08 Å². The highest BCUT2D eigenvalue weighted by molar-refractivity contribution is 7.80. The van der Waals surface area contributed by atoms with E-state index in [9.17, 15) is 9.59 Å². The summed E-state index contributed by atoms with van der Waals surface area (Å²) >= 11 is 10.9. The molecule has 2 aromatic rings. The second kappa shape index (κ2) is 9.56. The van der Waals surface area contributed by atoms with E-state index in [4.69, 9.17) is 23.8 Å². The molecule has 2 aromatic carbocycles. The van der Waals surface area contributed by atoms with Crippen molar-refractivity contribution in [3.8, 4) is 0 Å². The highest BCUT2D eigenvalue weighted by Crippen LogP contribution is 2.15. The summed E-state index contributed by atoms with van der Waals surface area (Å²) in [5.74, 6) is -0.705. The van der Waals surface area contributed by atoms with Gasteiger partial charge in [-0.05, 0) is 35.5 Å². The first-order chi connectivity index (χ1) is 12.0. The molecule has 25 heavy (non-hydrogen) atoms. The molecule has 0 radical (unpaired) electrons.